The Morgan fingerprint density at radius 1 is 0.809 bits per heavy atom. The summed E-state index contributed by atoms with van der Waals surface area (Å²) in [5.74, 6) is 0.398. The number of urea groups is 1. The third-order valence-electron chi connectivity index (χ3n) is 8.09. The zero-order valence-electron chi connectivity index (χ0n) is 27.5. The lowest BCUT2D eigenvalue weighted by Gasteiger charge is -2.37. The highest BCUT2D eigenvalue weighted by Gasteiger charge is 2.31. The smallest absolute Gasteiger partial charge is 0.315 e. The summed E-state index contributed by atoms with van der Waals surface area (Å²) in [6.07, 6.45) is 7.81. The number of pyridine rings is 1. The van der Waals surface area contributed by atoms with Crippen LogP contribution in [0.2, 0.25) is 10.0 Å². The van der Waals surface area contributed by atoms with Crippen LogP contribution in [0.25, 0.3) is 0 Å². The molecule has 1 aromatic heterocycles. The standard InChI is InChI=1S/C25H32ClN5O2.C9H12ClN.C2H4O/c26-22-3-1-19(2-4-22)17-28-25(33)29-23-9-15-31(16-10-23)24(32)21-7-13-30(14-8-21)18-20-5-11-27-12-6-20;1-2-11-7-8-3-5-9(10)6-4-8;1-2-3/h1-6,11-12,21,23H,7-10,13-18H2,(H2,28,29,33);3-6,11H,2,7H2,1H3;2H,1H3. The Balaban J connectivity index is 0.000000358. The van der Waals surface area contributed by atoms with Gasteiger partial charge in [-0.3, -0.25) is 14.7 Å². The predicted octanol–water partition coefficient (Wildman–Crippen LogP) is 6.09. The molecule has 0 atom stereocenters. The maximum Gasteiger partial charge on any atom is 0.315 e. The first kappa shape index (κ1) is 38.0. The SMILES string of the molecule is CC=O.CCNCc1ccc(Cl)cc1.O=C(NCc1ccc(Cl)cc1)NC1CCN(C(=O)C2CCN(Cc3ccncc3)CC2)CC1. The molecule has 5 rings (SSSR count). The minimum atomic E-state index is -0.170. The molecule has 0 bridgehead atoms. The molecular weight excluding hydrogens is 635 g/mol. The first-order valence-corrected chi connectivity index (χ1v) is 17.1. The van der Waals surface area contributed by atoms with Gasteiger partial charge in [0.25, 0.3) is 0 Å². The highest BCUT2D eigenvalue weighted by Crippen LogP contribution is 2.23. The van der Waals surface area contributed by atoms with E-state index in [2.05, 4.69) is 32.8 Å². The lowest BCUT2D eigenvalue weighted by atomic mass is 9.93. The van der Waals surface area contributed by atoms with Crippen molar-refractivity contribution in [3.05, 3.63) is 99.8 Å². The van der Waals surface area contributed by atoms with Crippen molar-refractivity contribution >= 4 is 41.4 Å². The van der Waals surface area contributed by atoms with Crippen LogP contribution in [0.15, 0.2) is 73.1 Å². The normalized spacial score (nSPS) is 15.4. The summed E-state index contributed by atoms with van der Waals surface area (Å²) in [5, 5.41) is 10.7. The summed E-state index contributed by atoms with van der Waals surface area (Å²) in [5.41, 5.74) is 3.54. The maximum absolute atomic E-state index is 13.0. The van der Waals surface area contributed by atoms with E-state index < -0.39 is 0 Å². The molecule has 47 heavy (non-hydrogen) atoms. The van der Waals surface area contributed by atoms with Crippen LogP contribution in [0.1, 0.15) is 56.2 Å². The molecule has 0 unspecified atom stereocenters. The summed E-state index contributed by atoms with van der Waals surface area (Å²) >= 11 is 11.6. The molecule has 3 amide bonds. The number of nitrogens with one attached hydrogen (secondary N) is 3. The van der Waals surface area contributed by atoms with Crippen LogP contribution in [0.4, 0.5) is 4.79 Å². The molecule has 2 saturated heterocycles. The molecule has 3 N–H and O–H groups in total. The second-order valence-electron chi connectivity index (χ2n) is 11.6. The van der Waals surface area contributed by atoms with Gasteiger partial charge in [-0.15, -0.1) is 0 Å². The second-order valence-corrected chi connectivity index (χ2v) is 12.5. The van der Waals surface area contributed by atoms with Crippen LogP contribution >= 0.6 is 23.2 Å². The number of amides is 3. The molecule has 2 aromatic carbocycles. The first-order chi connectivity index (χ1) is 22.8. The monoisotopic (exact) mass is 682 g/mol. The van der Waals surface area contributed by atoms with E-state index in [1.54, 1.807) is 0 Å². The summed E-state index contributed by atoms with van der Waals surface area (Å²) in [4.78, 5) is 42.5. The largest absolute Gasteiger partial charge is 0.342 e. The van der Waals surface area contributed by atoms with Crippen molar-refractivity contribution in [2.24, 2.45) is 5.92 Å². The zero-order chi connectivity index (χ0) is 33.9. The Labute approximate surface area is 289 Å². The molecule has 0 spiro atoms. The van der Waals surface area contributed by atoms with E-state index in [-0.39, 0.29) is 23.9 Å². The van der Waals surface area contributed by atoms with Gasteiger partial charge in [0, 0.05) is 67.1 Å². The molecule has 2 fully saturated rings. The Bertz CT molecular complexity index is 1330. The van der Waals surface area contributed by atoms with E-state index in [1.165, 1.54) is 18.1 Å². The Kier molecular flexibility index (Phi) is 17.3. The molecule has 2 aliphatic heterocycles. The van der Waals surface area contributed by atoms with Gasteiger partial charge in [-0.05, 0) is 105 Å². The van der Waals surface area contributed by atoms with Crippen molar-refractivity contribution in [2.75, 3.05) is 32.7 Å². The highest BCUT2D eigenvalue weighted by atomic mass is 35.5. The molecule has 0 radical (unpaired) electrons. The molecule has 9 nitrogen and oxygen atoms in total. The number of carbonyl (C=O) groups excluding carboxylic acids is 3. The van der Waals surface area contributed by atoms with Crippen molar-refractivity contribution in [2.45, 2.75) is 65.2 Å². The van der Waals surface area contributed by atoms with Gasteiger partial charge >= 0.3 is 6.03 Å². The maximum atomic E-state index is 13.0. The summed E-state index contributed by atoms with van der Waals surface area (Å²) in [6.45, 7) is 10.2. The fourth-order valence-electron chi connectivity index (χ4n) is 5.48. The van der Waals surface area contributed by atoms with Gasteiger partial charge in [-0.2, -0.15) is 0 Å². The van der Waals surface area contributed by atoms with Crippen molar-refractivity contribution in [1.82, 2.24) is 30.7 Å². The van der Waals surface area contributed by atoms with E-state index >= 15 is 0 Å². The van der Waals surface area contributed by atoms with E-state index in [9.17, 15) is 9.59 Å². The van der Waals surface area contributed by atoms with Gasteiger partial charge in [0.15, 0.2) is 0 Å². The minimum absolute atomic E-state index is 0.0986. The van der Waals surface area contributed by atoms with Gasteiger partial charge in [0.05, 0.1) is 0 Å². The molecule has 3 heterocycles. The third-order valence-corrected chi connectivity index (χ3v) is 8.60. The van der Waals surface area contributed by atoms with Crippen molar-refractivity contribution in [3.63, 3.8) is 0 Å². The van der Waals surface area contributed by atoms with Crippen LogP contribution in [0, 0.1) is 5.92 Å². The number of carbonyl (C=O) groups is 3. The zero-order valence-corrected chi connectivity index (χ0v) is 29.0. The molecule has 3 aromatic rings. The van der Waals surface area contributed by atoms with Crippen LogP contribution in [-0.4, -0.2) is 71.8 Å². The van der Waals surface area contributed by atoms with Gasteiger partial charge in [0.1, 0.15) is 6.29 Å². The number of rotatable bonds is 9. The van der Waals surface area contributed by atoms with Crippen LogP contribution in [-0.2, 0) is 29.2 Å². The average Bonchev–Trinajstić information content (AvgIpc) is 3.09. The van der Waals surface area contributed by atoms with Gasteiger partial charge in [0.2, 0.25) is 5.91 Å². The van der Waals surface area contributed by atoms with Gasteiger partial charge in [-0.25, -0.2) is 4.79 Å². The number of hydrogen-bond acceptors (Lipinski definition) is 6. The Morgan fingerprint density at radius 3 is 1.87 bits per heavy atom. The first-order valence-electron chi connectivity index (χ1n) is 16.3. The lowest BCUT2D eigenvalue weighted by molar-refractivity contribution is -0.138. The molecular formula is C36H48Cl2N6O3. The van der Waals surface area contributed by atoms with E-state index in [4.69, 9.17) is 28.0 Å². The quantitative estimate of drug-likeness (QED) is 0.236. The molecule has 0 aliphatic carbocycles. The molecule has 11 heteroatoms. The number of aldehydes is 1. The minimum Gasteiger partial charge on any atom is -0.342 e. The number of aromatic nitrogens is 1. The number of halogens is 2. The summed E-state index contributed by atoms with van der Waals surface area (Å²) < 4.78 is 0. The fraction of sp³-hybridized carbons (Fsp3) is 0.444. The predicted molar refractivity (Wildman–Crippen MR) is 189 cm³/mol. The number of likely N-dealkylation sites (tertiary alicyclic amines) is 2. The second kappa shape index (κ2) is 21.4. The third kappa shape index (κ3) is 14.4. The number of nitrogens with zero attached hydrogens (tertiary/aromatic N) is 3. The van der Waals surface area contributed by atoms with Gasteiger partial charge in [-0.1, -0.05) is 54.4 Å². The average molecular weight is 684 g/mol. The van der Waals surface area contributed by atoms with E-state index in [1.807, 2.05) is 78.0 Å². The highest BCUT2D eigenvalue weighted by molar-refractivity contribution is 6.30. The van der Waals surface area contributed by atoms with E-state index in [0.29, 0.717) is 24.7 Å². The van der Waals surface area contributed by atoms with Crippen molar-refractivity contribution < 1.29 is 14.4 Å². The van der Waals surface area contributed by atoms with Crippen molar-refractivity contribution in [1.29, 1.82) is 0 Å². The molecule has 2 aliphatic rings. The van der Waals surface area contributed by atoms with Crippen molar-refractivity contribution in [3.8, 4) is 0 Å². The number of benzene rings is 2. The molecule has 0 saturated carbocycles. The summed E-state index contributed by atoms with van der Waals surface area (Å²) in [6, 6.07) is 19.3. The Morgan fingerprint density at radius 2 is 1.34 bits per heavy atom. The lowest BCUT2D eigenvalue weighted by Crippen LogP contribution is -2.50. The fourth-order valence-corrected chi connectivity index (χ4v) is 5.73. The van der Waals surface area contributed by atoms with Crippen LogP contribution in [0.5, 0.6) is 0 Å². The van der Waals surface area contributed by atoms with Crippen LogP contribution < -0.4 is 16.0 Å². The van der Waals surface area contributed by atoms with Crippen LogP contribution in [0.3, 0.4) is 0 Å². The number of piperidine rings is 2. The molecule has 254 valence electrons. The van der Waals surface area contributed by atoms with Gasteiger partial charge < -0.3 is 25.6 Å². The number of hydrogen-bond donors (Lipinski definition) is 3. The summed E-state index contributed by atoms with van der Waals surface area (Å²) in [7, 11) is 0. The van der Waals surface area contributed by atoms with E-state index in [0.717, 1.165) is 75.3 Å². The topological polar surface area (TPSA) is 107 Å². The Hall–Kier alpha value is -3.50.